The van der Waals surface area contributed by atoms with Crippen LogP contribution >= 0.6 is 0 Å². The second kappa shape index (κ2) is 2.83. The van der Waals surface area contributed by atoms with E-state index >= 15 is 0 Å². The molecule has 0 aromatic carbocycles. The van der Waals surface area contributed by atoms with Crippen molar-refractivity contribution in [2.24, 2.45) is 5.92 Å². The van der Waals surface area contributed by atoms with Crippen LogP contribution in [-0.2, 0) is 6.54 Å². The van der Waals surface area contributed by atoms with E-state index in [9.17, 15) is 10.1 Å². The van der Waals surface area contributed by atoms with Crippen LogP contribution in [0.2, 0.25) is 0 Å². The van der Waals surface area contributed by atoms with Crippen LogP contribution < -0.4 is 0 Å². The maximum absolute atomic E-state index is 10.5. The second-order valence-electron chi connectivity index (χ2n) is 3.50. The van der Waals surface area contributed by atoms with Crippen molar-refractivity contribution >= 4 is 5.69 Å². The van der Waals surface area contributed by atoms with Crippen LogP contribution in [0.1, 0.15) is 18.5 Å². The maximum atomic E-state index is 10.5. The summed E-state index contributed by atoms with van der Waals surface area (Å²) < 4.78 is 1.73. The molecule has 0 aliphatic heterocycles. The highest BCUT2D eigenvalue weighted by Crippen LogP contribution is 2.31. The Bertz CT molecular complexity index is 341. The predicted octanol–water partition coefficient (Wildman–Crippen LogP) is 1.51. The van der Waals surface area contributed by atoms with Gasteiger partial charge in [-0.1, -0.05) is 0 Å². The summed E-state index contributed by atoms with van der Waals surface area (Å²) in [5.41, 5.74) is 0.789. The van der Waals surface area contributed by atoms with Gasteiger partial charge < -0.3 is 0 Å². The van der Waals surface area contributed by atoms with E-state index in [0.29, 0.717) is 11.6 Å². The third kappa shape index (κ3) is 1.54. The first kappa shape index (κ1) is 8.22. The molecule has 1 aliphatic rings. The van der Waals surface area contributed by atoms with Gasteiger partial charge in [-0.15, -0.1) is 0 Å². The molecule has 1 saturated carbocycles. The molecule has 0 unspecified atom stereocenters. The highest BCUT2D eigenvalue weighted by Gasteiger charge is 2.25. The van der Waals surface area contributed by atoms with Gasteiger partial charge >= 0.3 is 5.69 Å². The summed E-state index contributed by atoms with van der Waals surface area (Å²) in [7, 11) is 0. The van der Waals surface area contributed by atoms with Gasteiger partial charge in [0.15, 0.2) is 0 Å². The Morgan fingerprint density at radius 3 is 2.92 bits per heavy atom. The number of rotatable bonds is 3. The molecule has 1 aromatic rings. The van der Waals surface area contributed by atoms with Crippen molar-refractivity contribution in [3.63, 3.8) is 0 Å². The normalized spacial score (nSPS) is 16.1. The van der Waals surface area contributed by atoms with E-state index in [-0.39, 0.29) is 10.6 Å². The zero-order valence-corrected chi connectivity index (χ0v) is 7.43. The lowest BCUT2D eigenvalue weighted by molar-refractivity contribution is -0.385. The molecule has 0 bridgehead atoms. The number of aromatic nitrogens is 2. The molecule has 1 aromatic heterocycles. The molecule has 1 fully saturated rings. The number of hydrogen-bond acceptors (Lipinski definition) is 3. The van der Waals surface area contributed by atoms with Crippen molar-refractivity contribution in [1.82, 2.24) is 9.78 Å². The Morgan fingerprint density at radius 2 is 2.46 bits per heavy atom. The fourth-order valence-corrected chi connectivity index (χ4v) is 1.34. The van der Waals surface area contributed by atoms with Crippen molar-refractivity contribution in [2.75, 3.05) is 0 Å². The van der Waals surface area contributed by atoms with Crippen LogP contribution in [0.5, 0.6) is 0 Å². The maximum Gasteiger partial charge on any atom is 0.309 e. The van der Waals surface area contributed by atoms with Gasteiger partial charge in [-0.3, -0.25) is 14.8 Å². The minimum atomic E-state index is -0.383. The van der Waals surface area contributed by atoms with Crippen molar-refractivity contribution < 1.29 is 4.92 Å². The smallest absolute Gasteiger partial charge is 0.262 e. The van der Waals surface area contributed by atoms with Crippen LogP contribution in [0.3, 0.4) is 0 Å². The zero-order valence-electron chi connectivity index (χ0n) is 7.43. The Morgan fingerprint density at radius 1 is 1.77 bits per heavy atom. The number of nitrogens with zero attached hydrogens (tertiary/aromatic N) is 3. The molecule has 2 rings (SSSR count). The average Bonchev–Trinajstić information content (AvgIpc) is 2.78. The largest absolute Gasteiger partial charge is 0.309 e. The van der Waals surface area contributed by atoms with Crippen LogP contribution in [0.25, 0.3) is 0 Å². The number of nitro groups is 1. The topological polar surface area (TPSA) is 61.0 Å². The standard InChI is InChI=1S/C8H11N3O2/c1-6-8(11(12)13)4-9-10(6)5-7-2-3-7/h4,7H,2-3,5H2,1H3. The Hall–Kier alpha value is -1.39. The molecule has 13 heavy (non-hydrogen) atoms. The predicted molar refractivity (Wildman–Crippen MR) is 46.3 cm³/mol. The molecule has 0 saturated heterocycles. The highest BCUT2D eigenvalue weighted by atomic mass is 16.6. The van der Waals surface area contributed by atoms with E-state index in [1.165, 1.54) is 19.0 Å². The minimum Gasteiger partial charge on any atom is -0.262 e. The zero-order chi connectivity index (χ0) is 9.42. The average molecular weight is 181 g/mol. The van der Waals surface area contributed by atoms with E-state index in [4.69, 9.17) is 0 Å². The molecule has 0 radical (unpaired) electrons. The van der Waals surface area contributed by atoms with Gasteiger partial charge in [0.2, 0.25) is 0 Å². The van der Waals surface area contributed by atoms with Crippen molar-refractivity contribution in [2.45, 2.75) is 26.3 Å². The molecule has 5 heteroatoms. The Balaban J connectivity index is 2.21. The molecule has 0 spiro atoms. The molecular weight excluding hydrogens is 170 g/mol. The summed E-state index contributed by atoms with van der Waals surface area (Å²) in [5.74, 6) is 0.693. The van der Waals surface area contributed by atoms with Gasteiger partial charge in [0.05, 0.1) is 4.92 Å². The van der Waals surface area contributed by atoms with E-state index in [2.05, 4.69) is 5.10 Å². The first-order valence-corrected chi connectivity index (χ1v) is 4.35. The molecule has 0 N–H and O–H groups in total. The molecule has 70 valence electrons. The first-order valence-electron chi connectivity index (χ1n) is 4.35. The van der Waals surface area contributed by atoms with Gasteiger partial charge in [-0.25, -0.2) is 0 Å². The lowest BCUT2D eigenvalue weighted by Gasteiger charge is -2.00. The lowest BCUT2D eigenvalue weighted by Crippen LogP contribution is -2.04. The van der Waals surface area contributed by atoms with E-state index in [0.717, 1.165) is 6.54 Å². The minimum absolute atomic E-state index is 0.126. The fraction of sp³-hybridized carbons (Fsp3) is 0.625. The first-order chi connectivity index (χ1) is 6.18. The third-order valence-electron chi connectivity index (χ3n) is 2.40. The summed E-state index contributed by atoms with van der Waals surface area (Å²) in [6, 6.07) is 0. The van der Waals surface area contributed by atoms with Crippen molar-refractivity contribution in [3.05, 3.63) is 22.0 Å². The van der Waals surface area contributed by atoms with Gasteiger partial charge in [0.25, 0.3) is 0 Å². The molecule has 1 aliphatic carbocycles. The second-order valence-corrected chi connectivity index (χ2v) is 3.50. The summed E-state index contributed by atoms with van der Waals surface area (Å²) in [5, 5.41) is 14.5. The fourth-order valence-electron chi connectivity index (χ4n) is 1.34. The van der Waals surface area contributed by atoms with Crippen LogP contribution in [0, 0.1) is 23.0 Å². The third-order valence-corrected chi connectivity index (χ3v) is 2.40. The van der Waals surface area contributed by atoms with Crippen LogP contribution in [0.15, 0.2) is 6.20 Å². The van der Waals surface area contributed by atoms with Gasteiger partial charge in [0.1, 0.15) is 11.9 Å². The summed E-state index contributed by atoms with van der Waals surface area (Å²) in [4.78, 5) is 10.1. The van der Waals surface area contributed by atoms with Gasteiger partial charge in [-0.2, -0.15) is 5.10 Å². The van der Waals surface area contributed by atoms with Crippen molar-refractivity contribution in [3.8, 4) is 0 Å². The van der Waals surface area contributed by atoms with E-state index < -0.39 is 0 Å². The van der Waals surface area contributed by atoms with Crippen molar-refractivity contribution in [1.29, 1.82) is 0 Å². The summed E-state index contributed by atoms with van der Waals surface area (Å²) >= 11 is 0. The molecule has 0 atom stereocenters. The summed E-state index contributed by atoms with van der Waals surface area (Å²) in [6.07, 6.45) is 3.79. The Kier molecular flexibility index (Phi) is 1.79. The van der Waals surface area contributed by atoms with Gasteiger partial charge in [-0.05, 0) is 25.7 Å². The van der Waals surface area contributed by atoms with Crippen LogP contribution in [-0.4, -0.2) is 14.7 Å². The van der Waals surface area contributed by atoms with E-state index in [1.807, 2.05) is 0 Å². The molecule has 0 amide bonds. The molecule has 1 heterocycles. The Labute approximate surface area is 75.5 Å². The van der Waals surface area contributed by atoms with Gasteiger partial charge in [0, 0.05) is 6.54 Å². The monoisotopic (exact) mass is 181 g/mol. The molecule has 5 nitrogen and oxygen atoms in total. The summed E-state index contributed by atoms with van der Waals surface area (Å²) in [6.45, 7) is 2.58. The lowest BCUT2D eigenvalue weighted by atomic mass is 10.4. The highest BCUT2D eigenvalue weighted by molar-refractivity contribution is 5.31. The SMILES string of the molecule is Cc1c([N+](=O)[O-])cnn1CC1CC1. The van der Waals surface area contributed by atoms with Crippen LogP contribution in [0.4, 0.5) is 5.69 Å². The quantitative estimate of drug-likeness (QED) is 0.524. The molecular formula is C8H11N3O2. The van der Waals surface area contributed by atoms with E-state index in [1.54, 1.807) is 11.6 Å². The number of hydrogen-bond donors (Lipinski definition) is 0.